The van der Waals surface area contributed by atoms with Gasteiger partial charge in [0.15, 0.2) is 0 Å². The Balaban J connectivity index is 2.09. The van der Waals surface area contributed by atoms with Crippen LogP contribution >= 0.6 is 11.6 Å². The first-order valence-electron chi connectivity index (χ1n) is 8.72. The largest absolute Gasteiger partial charge is 0.326 e. The van der Waals surface area contributed by atoms with Crippen LogP contribution in [-0.4, -0.2) is 18.4 Å². The monoisotopic (exact) mass is 372 g/mol. The zero-order chi connectivity index (χ0) is 19.3. The lowest BCUT2D eigenvalue weighted by Crippen LogP contribution is -2.32. The Bertz CT molecular complexity index is 802. The van der Waals surface area contributed by atoms with Gasteiger partial charge in [-0.25, -0.2) is 0 Å². The summed E-state index contributed by atoms with van der Waals surface area (Å²) in [6.07, 6.45) is 0.206. The maximum absolute atomic E-state index is 12.4. The molecule has 0 saturated heterocycles. The number of hydrogen-bond donors (Lipinski definition) is 1. The SMILES string of the molecule is CC(=O)N(CCC(=O)Nc1ccccc1C(C)C)c1cc(Cl)ccc1C. The Morgan fingerprint density at radius 2 is 1.85 bits per heavy atom. The maximum atomic E-state index is 12.4. The molecule has 0 spiro atoms. The molecule has 2 amide bonds. The van der Waals surface area contributed by atoms with Crippen molar-refractivity contribution < 1.29 is 9.59 Å². The van der Waals surface area contributed by atoms with E-state index < -0.39 is 0 Å². The Labute approximate surface area is 160 Å². The zero-order valence-corrected chi connectivity index (χ0v) is 16.4. The van der Waals surface area contributed by atoms with Crippen molar-refractivity contribution in [2.75, 3.05) is 16.8 Å². The quantitative estimate of drug-likeness (QED) is 0.761. The average molecular weight is 373 g/mol. The van der Waals surface area contributed by atoms with Crippen LogP contribution in [0.4, 0.5) is 11.4 Å². The molecule has 0 fully saturated rings. The molecule has 0 bridgehead atoms. The van der Waals surface area contributed by atoms with Gasteiger partial charge < -0.3 is 10.2 Å². The lowest BCUT2D eigenvalue weighted by Gasteiger charge is -2.23. The molecule has 1 N–H and O–H groups in total. The predicted molar refractivity (Wildman–Crippen MR) is 108 cm³/mol. The van der Waals surface area contributed by atoms with E-state index in [-0.39, 0.29) is 18.2 Å². The van der Waals surface area contributed by atoms with Crippen LogP contribution < -0.4 is 10.2 Å². The Morgan fingerprint density at radius 1 is 1.15 bits per heavy atom. The van der Waals surface area contributed by atoms with Gasteiger partial charge in [-0.15, -0.1) is 0 Å². The Morgan fingerprint density at radius 3 is 2.50 bits per heavy atom. The fourth-order valence-corrected chi connectivity index (χ4v) is 3.03. The molecular formula is C21H25ClN2O2. The van der Waals surface area contributed by atoms with Crippen molar-refractivity contribution in [3.8, 4) is 0 Å². The van der Waals surface area contributed by atoms with Gasteiger partial charge in [0, 0.05) is 36.3 Å². The number of benzene rings is 2. The van der Waals surface area contributed by atoms with Crippen molar-refractivity contribution in [3.05, 3.63) is 58.6 Å². The minimum absolute atomic E-state index is 0.120. The van der Waals surface area contributed by atoms with Crippen molar-refractivity contribution in [2.45, 2.75) is 40.0 Å². The zero-order valence-electron chi connectivity index (χ0n) is 15.7. The highest BCUT2D eigenvalue weighted by Gasteiger charge is 2.16. The molecule has 0 saturated carbocycles. The van der Waals surface area contributed by atoms with Crippen LogP contribution in [0.1, 0.15) is 44.2 Å². The third-order valence-electron chi connectivity index (χ3n) is 4.26. The van der Waals surface area contributed by atoms with Crippen molar-refractivity contribution in [1.29, 1.82) is 0 Å². The minimum Gasteiger partial charge on any atom is -0.326 e. The van der Waals surface area contributed by atoms with E-state index in [9.17, 15) is 9.59 Å². The summed E-state index contributed by atoms with van der Waals surface area (Å²) in [6.45, 7) is 7.88. The lowest BCUT2D eigenvalue weighted by molar-refractivity contribution is -0.117. The fourth-order valence-electron chi connectivity index (χ4n) is 2.86. The Hall–Kier alpha value is -2.33. The Kier molecular flexibility index (Phi) is 6.81. The van der Waals surface area contributed by atoms with E-state index in [4.69, 9.17) is 11.6 Å². The number of rotatable bonds is 6. The number of nitrogens with zero attached hydrogens (tertiary/aromatic N) is 1. The van der Waals surface area contributed by atoms with Gasteiger partial charge in [-0.05, 0) is 42.2 Å². The van der Waals surface area contributed by atoms with Crippen LogP contribution in [0.25, 0.3) is 0 Å². The van der Waals surface area contributed by atoms with Crippen LogP contribution in [-0.2, 0) is 9.59 Å². The van der Waals surface area contributed by atoms with Gasteiger partial charge >= 0.3 is 0 Å². The first-order valence-corrected chi connectivity index (χ1v) is 9.10. The number of para-hydroxylation sites is 1. The van der Waals surface area contributed by atoms with Crippen LogP contribution in [0.15, 0.2) is 42.5 Å². The van der Waals surface area contributed by atoms with Crippen molar-refractivity contribution in [2.24, 2.45) is 0 Å². The summed E-state index contributed by atoms with van der Waals surface area (Å²) in [5.74, 6) is 0.0732. The molecule has 26 heavy (non-hydrogen) atoms. The van der Waals surface area contributed by atoms with Crippen LogP contribution in [0, 0.1) is 6.92 Å². The maximum Gasteiger partial charge on any atom is 0.226 e. The first-order chi connectivity index (χ1) is 12.3. The molecule has 0 aromatic heterocycles. The summed E-state index contributed by atoms with van der Waals surface area (Å²) < 4.78 is 0. The van der Waals surface area contributed by atoms with Crippen molar-refractivity contribution in [1.82, 2.24) is 0 Å². The van der Waals surface area contributed by atoms with Crippen molar-refractivity contribution in [3.63, 3.8) is 0 Å². The van der Waals surface area contributed by atoms with Crippen LogP contribution in [0.5, 0.6) is 0 Å². The number of amides is 2. The second-order valence-electron chi connectivity index (χ2n) is 6.64. The highest BCUT2D eigenvalue weighted by molar-refractivity contribution is 6.31. The molecule has 0 atom stereocenters. The summed E-state index contributed by atoms with van der Waals surface area (Å²) >= 11 is 6.07. The normalized spacial score (nSPS) is 10.7. The van der Waals surface area contributed by atoms with Crippen molar-refractivity contribution >= 4 is 34.8 Å². The summed E-state index contributed by atoms with van der Waals surface area (Å²) in [6, 6.07) is 13.2. The van der Waals surface area contributed by atoms with E-state index in [1.807, 2.05) is 37.3 Å². The van der Waals surface area contributed by atoms with Gasteiger partial charge in [0.2, 0.25) is 11.8 Å². The number of carbonyl (C=O) groups excluding carboxylic acids is 2. The van der Waals surface area contributed by atoms with E-state index in [1.54, 1.807) is 17.0 Å². The third-order valence-corrected chi connectivity index (χ3v) is 4.50. The highest BCUT2D eigenvalue weighted by Crippen LogP contribution is 2.26. The fraction of sp³-hybridized carbons (Fsp3) is 0.333. The minimum atomic E-state index is -0.121. The molecule has 2 aromatic carbocycles. The van der Waals surface area contributed by atoms with Gasteiger partial charge in [-0.3, -0.25) is 9.59 Å². The van der Waals surface area contributed by atoms with E-state index >= 15 is 0 Å². The molecule has 5 heteroatoms. The van der Waals surface area contributed by atoms with E-state index in [0.29, 0.717) is 17.5 Å². The van der Waals surface area contributed by atoms with Crippen LogP contribution in [0.2, 0.25) is 5.02 Å². The number of aryl methyl sites for hydroxylation is 1. The van der Waals surface area contributed by atoms with Gasteiger partial charge in [-0.1, -0.05) is 49.7 Å². The molecule has 0 unspecified atom stereocenters. The number of halogens is 1. The second-order valence-corrected chi connectivity index (χ2v) is 7.08. The molecule has 0 heterocycles. The van der Waals surface area contributed by atoms with E-state index in [1.165, 1.54) is 6.92 Å². The van der Waals surface area contributed by atoms with E-state index in [2.05, 4.69) is 19.2 Å². The van der Waals surface area contributed by atoms with E-state index in [0.717, 1.165) is 22.5 Å². The smallest absolute Gasteiger partial charge is 0.226 e. The molecule has 0 aliphatic heterocycles. The molecule has 2 aromatic rings. The summed E-state index contributed by atoms with van der Waals surface area (Å²) in [4.78, 5) is 26.1. The highest BCUT2D eigenvalue weighted by atomic mass is 35.5. The molecule has 0 radical (unpaired) electrons. The first kappa shape index (κ1) is 20.0. The lowest BCUT2D eigenvalue weighted by atomic mass is 10.0. The molecule has 2 rings (SSSR count). The average Bonchev–Trinajstić information content (AvgIpc) is 2.58. The second kappa shape index (κ2) is 8.86. The predicted octanol–water partition coefficient (Wildman–Crippen LogP) is 5.15. The molecule has 138 valence electrons. The van der Waals surface area contributed by atoms with Gasteiger partial charge in [-0.2, -0.15) is 0 Å². The number of anilines is 2. The number of nitrogens with one attached hydrogen (secondary N) is 1. The topological polar surface area (TPSA) is 49.4 Å². The van der Waals surface area contributed by atoms with Gasteiger partial charge in [0.05, 0.1) is 0 Å². The standard InChI is InChI=1S/C21H25ClN2O2/c1-14(2)18-7-5-6-8-19(18)23-21(26)11-12-24(16(4)25)20-13-17(22)10-9-15(20)3/h5-10,13-14H,11-12H2,1-4H3,(H,23,26). The number of hydrogen-bond acceptors (Lipinski definition) is 2. The van der Waals surface area contributed by atoms with Gasteiger partial charge in [0.25, 0.3) is 0 Å². The molecular weight excluding hydrogens is 348 g/mol. The van der Waals surface area contributed by atoms with Gasteiger partial charge in [0.1, 0.15) is 0 Å². The molecule has 4 nitrogen and oxygen atoms in total. The van der Waals surface area contributed by atoms with Crippen LogP contribution in [0.3, 0.4) is 0 Å². The molecule has 0 aliphatic rings. The summed E-state index contributed by atoms with van der Waals surface area (Å²) in [5, 5.41) is 3.52. The summed E-state index contributed by atoms with van der Waals surface area (Å²) in [7, 11) is 0. The summed E-state index contributed by atoms with van der Waals surface area (Å²) in [5.41, 5.74) is 3.59. The molecule has 0 aliphatic carbocycles. The third kappa shape index (κ3) is 5.09. The number of carbonyl (C=O) groups is 2.